The number of carbonyl (C=O) groups is 1. The van der Waals surface area contributed by atoms with Gasteiger partial charge in [0.1, 0.15) is 11.1 Å². The standard InChI is InChI=1S/C21H22FN5OS/c22-17-12-6-5-11-16(17)19-24-25-21(27(19)23)29-18(15-9-3-1-4-10-15)20(28)26-13-7-2-8-14-26/h1,3-6,9-12,18H,2,7-8,13-14,23H2/t18-/m0/s1. The van der Waals surface area contributed by atoms with Crippen molar-refractivity contribution in [1.29, 1.82) is 0 Å². The third-order valence-corrected chi connectivity index (χ3v) is 6.20. The van der Waals surface area contributed by atoms with Gasteiger partial charge in [-0.2, -0.15) is 0 Å². The fraction of sp³-hybridized carbons (Fsp3) is 0.286. The predicted octanol–water partition coefficient (Wildman–Crippen LogP) is 3.64. The molecule has 150 valence electrons. The zero-order valence-corrected chi connectivity index (χ0v) is 16.7. The summed E-state index contributed by atoms with van der Waals surface area (Å²) in [5, 5.41) is 8.08. The number of carbonyl (C=O) groups excluding carboxylic acids is 1. The summed E-state index contributed by atoms with van der Waals surface area (Å²) in [4.78, 5) is 15.2. The summed E-state index contributed by atoms with van der Waals surface area (Å²) in [6, 6.07) is 15.9. The van der Waals surface area contributed by atoms with Crippen LogP contribution < -0.4 is 5.84 Å². The lowest BCUT2D eigenvalue weighted by Crippen LogP contribution is -2.38. The second-order valence-corrected chi connectivity index (χ2v) is 8.02. The van der Waals surface area contributed by atoms with E-state index in [1.807, 2.05) is 35.2 Å². The molecule has 29 heavy (non-hydrogen) atoms. The van der Waals surface area contributed by atoms with E-state index in [0.29, 0.717) is 5.16 Å². The molecule has 2 heterocycles. The van der Waals surface area contributed by atoms with Gasteiger partial charge < -0.3 is 10.7 Å². The molecule has 1 aliphatic heterocycles. The summed E-state index contributed by atoms with van der Waals surface area (Å²) in [6.45, 7) is 1.52. The first-order chi connectivity index (χ1) is 14.1. The van der Waals surface area contributed by atoms with Crippen molar-refractivity contribution in [2.24, 2.45) is 0 Å². The maximum Gasteiger partial charge on any atom is 0.240 e. The van der Waals surface area contributed by atoms with E-state index in [2.05, 4.69) is 10.2 Å². The molecule has 1 aromatic heterocycles. The number of rotatable bonds is 5. The molecule has 8 heteroatoms. The number of benzene rings is 2. The number of hydrogen-bond acceptors (Lipinski definition) is 5. The summed E-state index contributed by atoms with van der Waals surface area (Å²) in [5.41, 5.74) is 1.15. The molecule has 0 bridgehead atoms. The monoisotopic (exact) mass is 411 g/mol. The van der Waals surface area contributed by atoms with Crippen molar-refractivity contribution in [1.82, 2.24) is 19.8 Å². The third kappa shape index (κ3) is 4.12. The molecule has 0 aliphatic carbocycles. The van der Waals surface area contributed by atoms with E-state index in [4.69, 9.17) is 5.84 Å². The van der Waals surface area contributed by atoms with Gasteiger partial charge in [0.15, 0.2) is 5.82 Å². The Hall–Kier alpha value is -2.87. The second-order valence-electron chi connectivity index (χ2n) is 6.95. The van der Waals surface area contributed by atoms with Crippen LogP contribution in [0.4, 0.5) is 4.39 Å². The summed E-state index contributed by atoms with van der Waals surface area (Å²) in [6.07, 6.45) is 3.18. The first kappa shape index (κ1) is 19.4. The van der Waals surface area contributed by atoms with Gasteiger partial charge in [0.25, 0.3) is 0 Å². The largest absolute Gasteiger partial charge is 0.341 e. The molecule has 0 unspecified atom stereocenters. The van der Waals surface area contributed by atoms with Crippen molar-refractivity contribution in [3.8, 4) is 11.4 Å². The average molecular weight is 412 g/mol. The molecule has 6 nitrogen and oxygen atoms in total. The predicted molar refractivity (Wildman–Crippen MR) is 111 cm³/mol. The van der Waals surface area contributed by atoms with Crippen molar-refractivity contribution in [3.05, 3.63) is 66.0 Å². The van der Waals surface area contributed by atoms with Crippen LogP contribution in [-0.4, -0.2) is 38.8 Å². The number of nitrogens with zero attached hydrogens (tertiary/aromatic N) is 4. The van der Waals surface area contributed by atoms with Gasteiger partial charge in [-0.1, -0.05) is 54.2 Å². The van der Waals surface area contributed by atoms with Crippen LogP contribution in [0, 0.1) is 5.82 Å². The molecule has 2 aromatic carbocycles. The van der Waals surface area contributed by atoms with Crippen LogP contribution in [0.15, 0.2) is 59.8 Å². The molecule has 4 rings (SSSR count). The number of aromatic nitrogens is 3. The van der Waals surface area contributed by atoms with Gasteiger partial charge >= 0.3 is 0 Å². The van der Waals surface area contributed by atoms with Gasteiger partial charge in [-0.3, -0.25) is 4.79 Å². The summed E-state index contributed by atoms with van der Waals surface area (Å²) >= 11 is 1.24. The number of hydrogen-bond donors (Lipinski definition) is 1. The van der Waals surface area contributed by atoms with Gasteiger partial charge in [0.2, 0.25) is 11.1 Å². The van der Waals surface area contributed by atoms with Crippen molar-refractivity contribution >= 4 is 17.7 Å². The molecular formula is C21H22FN5OS. The van der Waals surface area contributed by atoms with Crippen molar-refractivity contribution in [3.63, 3.8) is 0 Å². The minimum atomic E-state index is -0.491. The Morgan fingerprint density at radius 2 is 1.69 bits per heavy atom. The molecule has 1 aliphatic rings. The zero-order chi connectivity index (χ0) is 20.2. The van der Waals surface area contributed by atoms with Crippen LogP contribution in [0.25, 0.3) is 11.4 Å². The van der Waals surface area contributed by atoms with Crippen LogP contribution in [0.3, 0.4) is 0 Å². The zero-order valence-electron chi connectivity index (χ0n) is 15.9. The Balaban J connectivity index is 1.65. The SMILES string of the molecule is Nn1c(S[C@H](C(=O)N2CCCCC2)c2ccccc2)nnc1-c1ccccc1F. The smallest absolute Gasteiger partial charge is 0.240 e. The Labute approximate surface area is 172 Å². The van der Waals surface area contributed by atoms with E-state index in [1.54, 1.807) is 18.2 Å². The van der Waals surface area contributed by atoms with E-state index < -0.39 is 11.1 Å². The highest BCUT2D eigenvalue weighted by Gasteiger charge is 2.30. The first-order valence-corrected chi connectivity index (χ1v) is 10.5. The molecule has 1 atom stereocenters. The van der Waals surface area contributed by atoms with E-state index in [0.717, 1.165) is 37.9 Å². The highest BCUT2D eigenvalue weighted by Crippen LogP contribution is 2.37. The molecule has 0 radical (unpaired) electrons. The molecule has 1 saturated heterocycles. The summed E-state index contributed by atoms with van der Waals surface area (Å²) < 4.78 is 15.4. The minimum Gasteiger partial charge on any atom is -0.341 e. The highest BCUT2D eigenvalue weighted by molar-refractivity contribution is 8.00. The van der Waals surface area contributed by atoms with E-state index in [9.17, 15) is 9.18 Å². The minimum absolute atomic E-state index is 0.0383. The quantitative estimate of drug-likeness (QED) is 0.512. The molecule has 2 N–H and O–H groups in total. The van der Waals surface area contributed by atoms with E-state index in [1.165, 1.54) is 22.5 Å². The second kappa shape index (κ2) is 8.65. The van der Waals surface area contributed by atoms with E-state index in [-0.39, 0.29) is 17.3 Å². The van der Waals surface area contributed by atoms with Gasteiger partial charge in [0.05, 0.1) is 5.56 Å². The fourth-order valence-electron chi connectivity index (χ4n) is 3.46. The van der Waals surface area contributed by atoms with Gasteiger partial charge in [-0.15, -0.1) is 10.2 Å². The Morgan fingerprint density at radius 1 is 1.00 bits per heavy atom. The maximum atomic E-state index is 14.2. The maximum absolute atomic E-state index is 14.2. The number of thioether (sulfide) groups is 1. The molecule has 3 aromatic rings. The normalized spacial score (nSPS) is 15.3. The van der Waals surface area contributed by atoms with Crippen LogP contribution in [0.5, 0.6) is 0 Å². The van der Waals surface area contributed by atoms with Crippen molar-refractivity contribution < 1.29 is 9.18 Å². The van der Waals surface area contributed by atoms with Crippen molar-refractivity contribution in [2.45, 2.75) is 29.7 Å². The van der Waals surface area contributed by atoms with Crippen LogP contribution in [0.1, 0.15) is 30.1 Å². The molecule has 1 amide bonds. The van der Waals surface area contributed by atoms with E-state index >= 15 is 0 Å². The summed E-state index contributed by atoms with van der Waals surface area (Å²) in [7, 11) is 0. The van der Waals surface area contributed by atoms with Crippen molar-refractivity contribution in [2.75, 3.05) is 18.9 Å². The molecule has 0 spiro atoms. The lowest BCUT2D eigenvalue weighted by atomic mass is 10.1. The lowest BCUT2D eigenvalue weighted by Gasteiger charge is -2.30. The number of piperidine rings is 1. The topological polar surface area (TPSA) is 77.0 Å². The lowest BCUT2D eigenvalue weighted by molar-refractivity contribution is -0.131. The average Bonchev–Trinajstić information content (AvgIpc) is 3.13. The van der Waals surface area contributed by atoms with Crippen LogP contribution in [-0.2, 0) is 4.79 Å². The fourth-order valence-corrected chi connectivity index (χ4v) is 4.50. The highest BCUT2D eigenvalue weighted by atomic mass is 32.2. The van der Waals surface area contributed by atoms with Gasteiger partial charge in [-0.05, 0) is 37.0 Å². The van der Waals surface area contributed by atoms with Gasteiger partial charge in [0, 0.05) is 13.1 Å². The Kier molecular flexibility index (Phi) is 5.80. The number of likely N-dealkylation sites (tertiary alicyclic amines) is 1. The number of nitrogen functional groups attached to an aromatic ring is 1. The molecule has 1 fully saturated rings. The number of nitrogens with two attached hydrogens (primary N) is 1. The molecular weight excluding hydrogens is 389 g/mol. The molecule has 0 saturated carbocycles. The number of halogens is 1. The number of amides is 1. The van der Waals surface area contributed by atoms with Crippen LogP contribution in [0.2, 0.25) is 0 Å². The Morgan fingerprint density at radius 3 is 2.41 bits per heavy atom. The van der Waals surface area contributed by atoms with Crippen LogP contribution >= 0.6 is 11.8 Å². The first-order valence-electron chi connectivity index (χ1n) is 9.61. The third-order valence-electron chi connectivity index (χ3n) is 5.00. The Bertz CT molecular complexity index is 988. The van der Waals surface area contributed by atoms with Gasteiger partial charge in [-0.25, -0.2) is 9.07 Å². The summed E-state index contributed by atoms with van der Waals surface area (Å²) in [5.74, 6) is 6.03.